The molecule has 1 heterocycles. The minimum absolute atomic E-state index is 0.108. The first-order chi connectivity index (χ1) is 10.8. The second kappa shape index (κ2) is 7.18. The van der Waals surface area contributed by atoms with E-state index in [2.05, 4.69) is 0 Å². The summed E-state index contributed by atoms with van der Waals surface area (Å²) in [6.45, 7) is 8.09. The van der Waals surface area contributed by atoms with E-state index in [9.17, 15) is 5.11 Å². The van der Waals surface area contributed by atoms with Crippen molar-refractivity contribution in [3.63, 3.8) is 0 Å². The molecule has 0 atom stereocenters. The van der Waals surface area contributed by atoms with E-state index >= 15 is 0 Å². The largest absolute Gasteiger partial charge is 0.492 e. The van der Waals surface area contributed by atoms with Crippen molar-refractivity contribution < 1.29 is 19.5 Å². The Morgan fingerprint density at radius 2 is 1.61 bits per heavy atom. The highest BCUT2D eigenvalue weighted by atomic mass is 16.7. The Kier molecular flexibility index (Phi) is 5.68. The van der Waals surface area contributed by atoms with Crippen molar-refractivity contribution in [1.29, 1.82) is 0 Å². The summed E-state index contributed by atoms with van der Waals surface area (Å²) >= 11 is 0. The molecule has 23 heavy (non-hydrogen) atoms. The molecule has 5 heteroatoms. The number of hydrogen-bond acceptors (Lipinski definition) is 4. The molecule has 0 bridgehead atoms. The number of benzene rings is 1. The van der Waals surface area contributed by atoms with Crippen LogP contribution in [0.3, 0.4) is 0 Å². The second-order valence-electron chi connectivity index (χ2n) is 7.03. The van der Waals surface area contributed by atoms with Crippen molar-refractivity contribution in [3.05, 3.63) is 40.9 Å². The zero-order valence-corrected chi connectivity index (χ0v) is 14.5. The van der Waals surface area contributed by atoms with Crippen LogP contribution in [-0.4, -0.2) is 41.7 Å². The molecule has 1 aliphatic rings. The van der Waals surface area contributed by atoms with E-state index < -0.39 is 18.3 Å². The molecular weight excluding hydrogens is 291 g/mol. The molecule has 2 rings (SSSR count). The Balaban J connectivity index is 2.13. The van der Waals surface area contributed by atoms with Crippen LogP contribution in [0.25, 0.3) is 6.08 Å². The Labute approximate surface area is 139 Å². The van der Waals surface area contributed by atoms with E-state index in [0.717, 1.165) is 18.4 Å². The zero-order chi connectivity index (χ0) is 17.1. The maximum absolute atomic E-state index is 9.70. The second-order valence-corrected chi connectivity index (χ2v) is 7.03. The summed E-state index contributed by atoms with van der Waals surface area (Å²) in [5.41, 5.74) is 2.07. The molecule has 0 amide bonds. The number of aliphatic hydroxyl groups excluding tert-OH is 2. The van der Waals surface area contributed by atoms with E-state index in [1.807, 2.05) is 58.0 Å². The van der Waals surface area contributed by atoms with Gasteiger partial charge < -0.3 is 19.5 Å². The molecule has 1 aliphatic heterocycles. The fourth-order valence-corrected chi connectivity index (χ4v) is 2.46. The summed E-state index contributed by atoms with van der Waals surface area (Å²) < 4.78 is 12.0. The van der Waals surface area contributed by atoms with Gasteiger partial charge in [-0.25, -0.2) is 0 Å². The zero-order valence-electron chi connectivity index (χ0n) is 14.5. The topological polar surface area (TPSA) is 58.9 Å². The molecule has 2 N–H and O–H groups in total. The van der Waals surface area contributed by atoms with Gasteiger partial charge in [0.1, 0.15) is 0 Å². The lowest BCUT2D eigenvalue weighted by molar-refractivity contribution is 0.00578. The minimum Gasteiger partial charge on any atom is -0.400 e. The van der Waals surface area contributed by atoms with Crippen LogP contribution in [0.1, 0.15) is 45.2 Å². The van der Waals surface area contributed by atoms with Crippen LogP contribution in [-0.2, 0) is 15.7 Å². The smallest absolute Gasteiger partial charge is 0.400 e. The van der Waals surface area contributed by atoms with Crippen LogP contribution >= 0.6 is 0 Å². The molecular formula is C18H27BO4. The molecule has 4 nitrogen and oxygen atoms in total. The van der Waals surface area contributed by atoms with Crippen LogP contribution in [0, 0.1) is 0 Å². The van der Waals surface area contributed by atoms with Gasteiger partial charge in [-0.15, -0.1) is 0 Å². The lowest BCUT2D eigenvalue weighted by Gasteiger charge is -2.32. The third kappa shape index (κ3) is 4.24. The number of rotatable bonds is 6. The van der Waals surface area contributed by atoms with Gasteiger partial charge >= 0.3 is 7.12 Å². The van der Waals surface area contributed by atoms with Crippen LogP contribution < -0.4 is 0 Å². The summed E-state index contributed by atoms with van der Waals surface area (Å²) in [5.74, 6) is 0. The molecule has 1 aromatic rings. The van der Waals surface area contributed by atoms with Crippen molar-refractivity contribution >= 4 is 13.2 Å². The molecule has 126 valence electrons. The van der Waals surface area contributed by atoms with E-state index in [1.54, 1.807) is 0 Å². The maximum Gasteiger partial charge on any atom is 0.492 e. The highest BCUT2D eigenvalue weighted by Gasteiger charge is 2.52. The fourth-order valence-electron chi connectivity index (χ4n) is 2.46. The number of aliphatic hydroxyl groups is 2. The van der Waals surface area contributed by atoms with Crippen molar-refractivity contribution in [1.82, 2.24) is 0 Å². The molecule has 0 saturated carbocycles. The molecule has 0 spiro atoms. The van der Waals surface area contributed by atoms with Crippen LogP contribution in [0.4, 0.5) is 0 Å². The average molecular weight is 318 g/mol. The van der Waals surface area contributed by atoms with Gasteiger partial charge in [0.05, 0.1) is 17.8 Å². The molecule has 1 saturated heterocycles. The predicted molar refractivity (Wildman–Crippen MR) is 93.0 cm³/mol. The number of hydrogen-bond donors (Lipinski definition) is 2. The molecule has 0 unspecified atom stereocenters. The van der Waals surface area contributed by atoms with Gasteiger partial charge in [-0.05, 0) is 57.1 Å². The molecule has 0 radical (unpaired) electrons. The molecule has 0 aromatic heterocycles. The van der Waals surface area contributed by atoms with E-state index in [4.69, 9.17) is 14.4 Å². The Hall–Kier alpha value is -1.14. The van der Waals surface area contributed by atoms with Crippen molar-refractivity contribution in [2.24, 2.45) is 0 Å². The van der Waals surface area contributed by atoms with Crippen LogP contribution in [0.15, 0.2) is 29.7 Å². The molecule has 1 aromatic carbocycles. The van der Waals surface area contributed by atoms with Crippen molar-refractivity contribution in [2.45, 2.75) is 51.7 Å². The van der Waals surface area contributed by atoms with Gasteiger partial charge in [-0.1, -0.05) is 30.3 Å². The summed E-state index contributed by atoms with van der Waals surface area (Å²) in [4.78, 5) is 0. The quantitative estimate of drug-likeness (QED) is 0.792. The lowest BCUT2D eigenvalue weighted by atomic mass is 9.77. The normalized spacial score (nSPS) is 20.1. The maximum atomic E-state index is 9.70. The predicted octanol–water partition coefficient (Wildman–Crippen LogP) is 2.62. The summed E-state index contributed by atoms with van der Waals surface area (Å²) in [7, 11) is -0.529. The van der Waals surface area contributed by atoms with Gasteiger partial charge in [0.2, 0.25) is 0 Å². The van der Waals surface area contributed by atoms with Gasteiger partial charge in [-0.2, -0.15) is 0 Å². The third-order valence-corrected chi connectivity index (χ3v) is 4.69. The van der Waals surface area contributed by atoms with Gasteiger partial charge in [0, 0.05) is 6.61 Å². The SMILES string of the molecule is CC1(C)OB(C(=Cc2ccc(CCCO)cc2)CO)OC1(C)C. The van der Waals surface area contributed by atoms with E-state index in [-0.39, 0.29) is 13.2 Å². The van der Waals surface area contributed by atoms with Gasteiger partial charge in [0.25, 0.3) is 0 Å². The highest BCUT2D eigenvalue weighted by molar-refractivity contribution is 6.55. The van der Waals surface area contributed by atoms with Crippen LogP contribution in [0.2, 0.25) is 0 Å². The van der Waals surface area contributed by atoms with E-state index in [0.29, 0.717) is 5.47 Å². The first kappa shape index (κ1) is 18.2. The van der Waals surface area contributed by atoms with Gasteiger partial charge in [-0.3, -0.25) is 0 Å². The monoisotopic (exact) mass is 318 g/mol. The first-order valence-corrected chi connectivity index (χ1v) is 8.16. The van der Waals surface area contributed by atoms with E-state index in [1.165, 1.54) is 5.56 Å². The Bertz CT molecular complexity index is 533. The minimum atomic E-state index is -0.529. The lowest BCUT2D eigenvalue weighted by Crippen LogP contribution is -2.41. The standard InChI is InChI=1S/C18H27BO4/c1-17(2)18(3,4)23-19(22-17)16(13-21)12-15-9-7-14(8-10-15)6-5-11-20/h7-10,12,20-21H,5-6,11,13H2,1-4H3. The fraction of sp³-hybridized carbons (Fsp3) is 0.556. The molecule has 1 fully saturated rings. The van der Waals surface area contributed by atoms with Crippen LogP contribution in [0.5, 0.6) is 0 Å². The first-order valence-electron chi connectivity index (χ1n) is 8.16. The van der Waals surface area contributed by atoms with Crippen molar-refractivity contribution in [2.75, 3.05) is 13.2 Å². The van der Waals surface area contributed by atoms with Gasteiger partial charge in [0.15, 0.2) is 0 Å². The van der Waals surface area contributed by atoms with Crippen molar-refractivity contribution in [3.8, 4) is 0 Å². The molecule has 0 aliphatic carbocycles. The Morgan fingerprint density at radius 1 is 1.04 bits per heavy atom. The Morgan fingerprint density at radius 3 is 2.09 bits per heavy atom. The highest BCUT2D eigenvalue weighted by Crippen LogP contribution is 2.38. The summed E-state index contributed by atoms with van der Waals surface area (Å²) in [6.07, 6.45) is 3.55. The third-order valence-electron chi connectivity index (χ3n) is 4.69. The average Bonchev–Trinajstić information content (AvgIpc) is 2.72. The summed E-state index contributed by atoms with van der Waals surface area (Å²) in [5, 5.41) is 18.6. The summed E-state index contributed by atoms with van der Waals surface area (Å²) in [6, 6.07) is 8.10. The number of aryl methyl sites for hydroxylation is 1.